The Morgan fingerprint density at radius 3 is 2.43 bits per heavy atom. The molecule has 4 nitrogen and oxygen atoms in total. The van der Waals surface area contributed by atoms with E-state index >= 15 is 0 Å². The summed E-state index contributed by atoms with van der Waals surface area (Å²) in [5.41, 5.74) is 1.01. The van der Waals surface area contributed by atoms with E-state index < -0.39 is 11.4 Å². The fourth-order valence-corrected chi connectivity index (χ4v) is 5.45. The number of rotatable bonds is 13. The van der Waals surface area contributed by atoms with Crippen LogP contribution in [-0.2, 0) is 17.8 Å². The SMILES string of the molecule is CC(C)CC(CO)(CCCc1ccc(Sc2cccc(OCc3ccccc3)c2)cc1Cl)C(=O)O. The fourth-order valence-electron chi connectivity index (χ4n) is 4.20. The van der Waals surface area contributed by atoms with Crippen LogP contribution in [-0.4, -0.2) is 22.8 Å². The van der Waals surface area contributed by atoms with Gasteiger partial charge in [0.05, 0.1) is 12.0 Å². The second-order valence-electron chi connectivity index (χ2n) is 9.30. The summed E-state index contributed by atoms with van der Waals surface area (Å²) >= 11 is 8.19. The highest BCUT2D eigenvalue weighted by Crippen LogP contribution is 2.35. The maximum Gasteiger partial charge on any atom is 0.311 e. The van der Waals surface area contributed by atoms with Crippen LogP contribution in [0.2, 0.25) is 5.02 Å². The highest BCUT2D eigenvalue weighted by atomic mass is 35.5. The van der Waals surface area contributed by atoms with E-state index in [9.17, 15) is 15.0 Å². The Bertz CT molecular complexity index is 1100. The van der Waals surface area contributed by atoms with Crippen LogP contribution in [0.5, 0.6) is 5.75 Å². The van der Waals surface area contributed by atoms with E-state index in [0.717, 1.165) is 26.7 Å². The minimum Gasteiger partial charge on any atom is -0.489 e. The second-order valence-corrected chi connectivity index (χ2v) is 10.9. The Balaban J connectivity index is 1.58. The van der Waals surface area contributed by atoms with Crippen molar-refractivity contribution in [3.05, 3.63) is 88.9 Å². The average molecular weight is 513 g/mol. The summed E-state index contributed by atoms with van der Waals surface area (Å²) in [5.74, 6) is 0.0793. The number of halogens is 1. The molecule has 35 heavy (non-hydrogen) atoms. The van der Waals surface area contributed by atoms with Crippen LogP contribution in [0, 0.1) is 11.3 Å². The first kappa shape index (κ1) is 27.1. The zero-order valence-electron chi connectivity index (χ0n) is 20.2. The van der Waals surface area contributed by atoms with Crippen LogP contribution in [0.1, 0.15) is 44.2 Å². The zero-order valence-corrected chi connectivity index (χ0v) is 21.8. The van der Waals surface area contributed by atoms with Gasteiger partial charge in [0, 0.05) is 14.8 Å². The van der Waals surface area contributed by atoms with Crippen LogP contribution in [0.25, 0.3) is 0 Å². The van der Waals surface area contributed by atoms with Gasteiger partial charge in [-0.05, 0) is 73.1 Å². The van der Waals surface area contributed by atoms with Crippen LogP contribution < -0.4 is 4.74 Å². The smallest absolute Gasteiger partial charge is 0.311 e. The summed E-state index contributed by atoms with van der Waals surface area (Å²) < 4.78 is 5.94. The fraction of sp³-hybridized carbons (Fsp3) is 0.345. The van der Waals surface area contributed by atoms with Crippen LogP contribution in [0.3, 0.4) is 0 Å². The van der Waals surface area contributed by atoms with Crippen molar-refractivity contribution in [2.45, 2.75) is 55.9 Å². The maximum absolute atomic E-state index is 11.9. The number of aliphatic hydroxyl groups is 1. The first-order valence-corrected chi connectivity index (χ1v) is 13.1. The van der Waals surface area contributed by atoms with Gasteiger partial charge in [0.25, 0.3) is 0 Å². The summed E-state index contributed by atoms with van der Waals surface area (Å²) in [4.78, 5) is 13.9. The molecule has 2 N–H and O–H groups in total. The Morgan fingerprint density at radius 2 is 1.77 bits per heavy atom. The predicted octanol–water partition coefficient (Wildman–Crippen LogP) is 7.50. The molecule has 0 bridgehead atoms. The van der Waals surface area contributed by atoms with Gasteiger partial charge in [-0.1, -0.05) is 79.7 Å². The van der Waals surface area contributed by atoms with Gasteiger partial charge in [-0.15, -0.1) is 0 Å². The van der Waals surface area contributed by atoms with Crippen molar-refractivity contribution in [2.75, 3.05) is 6.61 Å². The molecule has 6 heteroatoms. The predicted molar refractivity (Wildman–Crippen MR) is 142 cm³/mol. The van der Waals surface area contributed by atoms with Gasteiger partial charge in [-0.25, -0.2) is 0 Å². The Morgan fingerprint density at radius 1 is 1.03 bits per heavy atom. The molecule has 1 atom stereocenters. The van der Waals surface area contributed by atoms with Gasteiger partial charge in [0.15, 0.2) is 0 Å². The maximum atomic E-state index is 11.9. The summed E-state index contributed by atoms with van der Waals surface area (Å²) in [5, 5.41) is 20.2. The molecule has 186 valence electrons. The largest absolute Gasteiger partial charge is 0.489 e. The van der Waals surface area contributed by atoms with Gasteiger partial charge in [0.1, 0.15) is 12.4 Å². The van der Waals surface area contributed by atoms with Crippen molar-refractivity contribution >= 4 is 29.3 Å². The van der Waals surface area contributed by atoms with Crippen molar-refractivity contribution in [3.63, 3.8) is 0 Å². The first-order chi connectivity index (χ1) is 16.8. The van der Waals surface area contributed by atoms with Crippen LogP contribution >= 0.6 is 23.4 Å². The molecular formula is C29H33ClO4S. The van der Waals surface area contributed by atoms with Crippen LogP contribution in [0.4, 0.5) is 0 Å². The van der Waals surface area contributed by atoms with Gasteiger partial charge >= 0.3 is 5.97 Å². The Kier molecular flexibility index (Phi) is 10.1. The van der Waals surface area contributed by atoms with E-state index in [1.807, 2.05) is 86.6 Å². The van der Waals surface area contributed by atoms with Crippen molar-refractivity contribution in [2.24, 2.45) is 11.3 Å². The normalized spacial score (nSPS) is 12.9. The van der Waals surface area contributed by atoms with Crippen molar-refractivity contribution < 1.29 is 19.7 Å². The van der Waals surface area contributed by atoms with E-state index in [4.69, 9.17) is 16.3 Å². The topological polar surface area (TPSA) is 66.8 Å². The lowest BCUT2D eigenvalue weighted by Gasteiger charge is -2.29. The molecule has 0 fully saturated rings. The molecule has 3 rings (SSSR count). The number of hydrogen-bond donors (Lipinski definition) is 2. The average Bonchev–Trinajstić information content (AvgIpc) is 2.84. The van der Waals surface area contributed by atoms with Gasteiger partial charge in [-0.2, -0.15) is 0 Å². The van der Waals surface area contributed by atoms with Crippen molar-refractivity contribution in [1.82, 2.24) is 0 Å². The Labute approximate surface area is 217 Å². The van der Waals surface area contributed by atoms with E-state index in [2.05, 4.69) is 0 Å². The molecule has 0 spiro atoms. The number of hydrogen-bond acceptors (Lipinski definition) is 4. The van der Waals surface area contributed by atoms with E-state index in [1.54, 1.807) is 11.8 Å². The van der Waals surface area contributed by atoms with Gasteiger partial charge in [-0.3, -0.25) is 4.79 Å². The lowest BCUT2D eigenvalue weighted by atomic mass is 9.76. The first-order valence-electron chi connectivity index (χ1n) is 11.9. The number of carboxylic acid groups (broad SMARTS) is 1. The molecule has 0 amide bonds. The van der Waals surface area contributed by atoms with Gasteiger partial charge in [0.2, 0.25) is 0 Å². The third kappa shape index (κ3) is 8.03. The number of aliphatic carboxylic acids is 1. The van der Waals surface area contributed by atoms with Gasteiger partial charge < -0.3 is 14.9 Å². The molecule has 0 radical (unpaired) electrons. The molecule has 0 aliphatic carbocycles. The minimum absolute atomic E-state index is 0.195. The zero-order chi connectivity index (χ0) is 25.3. The minimum atomic E-state index is -1.09. The molecule has 0 aliphatic heterocycles. The quantitative estimate of drug-likeness (QED) is 0.248. The summed E-state index contributed by atoms with van der Waals surface area (Å²) in [6.45, 7) is 4.13. The molecule has 0 saturated heterocycles. The summed E-state index contributed by atoms with van der Waals surface area (Å²) in [6, 6.07) is 24.0. The number of carbonyl (C=O) groups is 1. The number of carboxylic acids is 1. The van der Waals surface area contributed by atoms with E-state index in [-0.39, 0.29) is 12.5 Å². The molecule has 0 heterocycles. The second kappa shape index (κ2) is 13.0. The molecule has 0 aromatic heterocycles. The van der Waals surface area contributed by atoms with Crippen molar-refractivity contribution in [3.8, 4) is 5.75 Å². The molecule has 1 unspecified atom stereocenters. The third-order valence-corrected chi connectivity index (χ3v) is 7.30. The molecular weight excluding hydrogens is 480 g/mol. The summed E-state index contributed by atoms with van der Waals surface area (Å²) in [6.07, 6.45) is 2.18. The lowest BCUT2D eigenvalue weighted by molar-refractivity contribution is -0.153. The number of benzene rings is 3. The Hall–Kier alpha value is -2.47. The molecule has 3 aromatic rings. The monoisotopic (exact) mass is 512 g/mol. The molecule has 0 aliphatic rings. The van der Waals surface area contributed by atoms with Crippen molar-refractivity contribution in [1.29, 1.82) is 0 Å². The highest BCUT2D eigenvalue weighted by molar-refractivity contribution is 7.99. The molecule has 3 aromatic carbocycles. The third-order valence-electron chi connectivity index (χ3n) is 5.97. The standard InChI is InChI=1S/C29H33ClO4S/c1-21(2)18-29(20-31,28(32)33)15-7-10-23-13-14-26(17-27(23)30)35-25-12-6-11-24(16-25)34-19-22-8-4-3-5-9-22/h3-6,8-9,11-14,16-17,21,31H,7,10,15,18-20H2,1-2H3,(H,32,33). The van der Waals surface area contributed by atoms with Crippen LogP contribution in [0.15, 0.2) is 82.6 Å². The number of ether oxygens (including phenoxy) is 1. The summed E-state index contributed by atoms with van der Waals surface area (Å²) in [7, 11) is 0. The number of aliphatic hydroxyl groups excluding tert-OH is 1. The highest BCUT2D eigenvalue weighted by Gasteiger charge is 2.37. The van der Waals surface area contributed by atoms with E-state index in [1.165, 1.54) is 0 Å². The number of aryl methyl sites for hydroxylation is 1. The van der Waals surface area contributed by atoms with E-state index in [0.29, 0.717) is 37.3 Å². The molecule has 0 saturated carbocycles. The lowest BCUT2D eigenvalue weighted by Crippen LogP contribution is -2.36.